The van der Waals surface area contributed by atoms with Gasteiger partial charge in [-0.2, -0.15) is 0 Å². The number of methoxy groups -OCH3 is 1. The Labute approximate surface area is 160 Å². The maximum Gasteiger partial charge on any atom is 0.193 e. The Hall–Kier alpha value is -0.730. The van der Waals surface area contributed by atoms with Crippen LogP contribution >= 0.6 is 35.6 Å². The predicted octanol–water partition coefficient (Wildman–Crippen LogP) is 3.43. The van der Waals surface area contributed by atoms with Crippen LogP contribution in [-0.2, 0) is 0 Å². The Morgan fingerprint density at radius 2 is 2.30 bits per heavy atom. The fourth-order valence-corrected chi connectivity index (χ4v) is 3.00. The first-order valence-electron chi connectivity index (χ1n) is 7.75. The number of halogens is 2. The van der Waals surface area contributed by atoms with E-state index in [-0.39, 0.29) is 24.0 Å². The fourth-order valence-electron chi connectivity index (χ4n) is 2.74. The molecule has 1 unspecified atom stereocenters. The minimum atomic E-state index is 0. The third-order valence-electron chi connectivity index (χ3n) is 3.85. The summed E-state index contributed by atoms with van der Waals surface area (Å²) in [7, 11) is 1.59. The molecule has 0 saturated carbocycles. The molecule has 3 N–H and O–H groups in total. The predicted molar refractivity (Wildman–Crippen MR) is 108 cm³/mol. The van der Waals surface area contributed by atoms with Gasteiger partial charge in [0.2, 0.25) is 0 Å². The number of hydrogen-bond donors (Lipinski definition) is 2. The van der Waals surface area contributed by atoms with Gasteiger partial charge in [0.15, 0.2) is 5.96 Å². The van der Waals surface area contributed by atoms with Gasteiger partial charge in [-0.1, -0.05) is 18.5 Å². The molecular formula is C16H26ClIN4O. The molecule has 1 heterocycles. The second kappa shape index (κ2) is 10.2. The second-order valence-electron chi connectivity index (χ2n) is 5.66. The quantitative estimate of drug-likeness (QED) is 0.394. The first-order chi connectivity index (χ1) is 10.6. The molecule has 0 aliphatic carbocycles. The molecule has 0 bridgehead atoms. The Morgan fingerprint density at radius 3 is 2.96 bits per heavy atom. The van der Waals surface area contributed by atoms with Gasteiger partial charge in [-0.05, 0) is 50.0 Å². The number of hydrogen-bond acceptors (Lipinski definition) is 3. The summed E-state index contributed by atoms with van der Waals surface area (Å²) >= 11 is 6.09. The van der Waals surface area contributed by atoms with E-state index in [0.717, 1.165) is 18.8 Å². The van der Waals surface area contributed by atoms with Crippen molar-refractivity contribution >= 4 is 47.2 Å². The van der Waals surface area contributed by atoms with E-state index in [1.807, 2.05) is 6.07 Å². The number of anilines is 1. The van der Waals surface area contributed by atoms with E-state index in [0.29, 0.717) is 22.6 Å². The van der Waals surface area contributed by atoms with Crippen LogP contribution in [0.15, 0.2) is 23.2 Å². The Morgan fingerprint density at radius 1 is 1.52 bits per heavy atom. The van der Waals surface area contributed by atoms with Crippen molar-refractivity contribution in [3.05, 3.63) is 23.2 Å². The number of ether oxygens (including phenoxy) is 1. The standard InChI is InChI=1S/C16H25ClN4O.HI/c1-3-7-21-8-6-12(11-21)10-19-16(18)20-13-4-5-15(22-2)14(17)9-13;/h4-5,9,12H,3,6-8,10-11H2,1-2H3,(H3,18,19,20);1H. The van der Waals surface area contributed by atoms with Gasteiger partial charge in [-0.25, -0.2) is 0 Å². The molecule has 0 aromatic heterocycles. The van der Waals surface area contributed by atoms with Crippen molar-refractivity contribution in [3.63, 3.8) is 0 Å². The molecule has 1 aromatic carbocycles. The van der Waals surface area contributed by atoms with E-state index in [4.69, 9.17) is 22.1 Å². The molecular weight excluding hydrogens is 427 g/mol. The van der Waals surface area contributed by atoms with Crippen molar-refractivity contribution in [1.82, 2.24) is 4.90 Å². The normalized spacial score (nSPS) is 18.6. The van der Waals surface area contributed by atoms with Crippen molar-refractivity contribution in [2.45, 2.75) is 19.8 Å². The van der Waals surface area contributed by atoms with E-state index < -0.39 is 0 Å². The monoisotopic (exact) mass is 452 g/mol. The number of nitrogens with zero attached hydrogens (tertiary/aromatic N) is 2. The molecule has 0 spiro atoms. The van der Waals surface area contributed by atoms with Gasteiger partial charge in [0, 0.05) is 18.8 Å². The lowest BCUT2D eigenvalue weighted by molar-refractivity contribution is 0.326. The first-order valence-corrected chi connectivity index (χ1v) is 8.13. The van der Waals surface area contributed by atoms with E-state index in [9.17, 15) is 0 Å². The zero-order valence-electron chi connectivity index (χ0n) is 13.7. The lowest BCUT2D eigenvalue weighted by Gasteiger charge is -2.14. The topological polar surface area (TPSA) is 62.9 Å². The highest BCUT2D eigenvalue weighted by molar-refractivity contribution is 14.0. The van der Waals surface area contributed by atoms with E-state index >= 15 is 0 Å². The molecule has 1 fully saturated rings. The van der Waals surface area contributed by atoms with Crippen LogP contribution in [0.2, 0.25) is 5.02 Å². The smallest absolute Gasteiger partial charge is 0.193 e. The molecule has 5 nitrogen and oxygen atoms in total. The van der Waals surface area contributed by atoms with Crippen LogP contribution in [0.25, 0.3) is 0 Å². The number of guanidine groups is 1. The average Bonchev–Trinajstić information content (AvgIpc) is 2.93. The summed E-state index contributed by atoms with van der Waals surface area (Å²) in [6.07, 6.45) is 2.41. The summed E-state index contributed by atoms with van der Waals surface area (Å²) in [6.45, 7) is 6.46. The molecule has 130 valence electrons. The molecule has 0 radical (unpaired) electrons. The molecule has 23 heavy (non-hydrogen) atoms. The third-order valence-corrected chi connectivity index (χ3v) is 4.15. The van der Waals surface area contributed by atoms with Gasteiger partial charge in [0.05, 0.1) is 12.1 Å². The highest BCUT2D eigenvalue weighted by Crippen LogP contribution is 2.27. The van der Waals surface area contributed by atoms with Gasteiger partial charge in [0.25, 0.3) is 0 Å². The number of likely N-dealkylation sites (tertiary alicyclic amines) is 1. The maximum absolute atomic E-state index is 6.09. The Kier molecular flexibility index (Phi) is 9.01. The summed E-state index contributed by atoms with van der Waals surface area (Å²) in [5.41, 5.74) is 6.76. The van der Waals surface area contributed by atoms with Gasteiger partial charge < -0.3 is 20.7 Å². The van der Waals surface area contributed by atoms with Crippen LogP contribution in [0.4, 0.5) is 5.69 Å². The number of nitrogens with two attached hydrogens (primary N) is 1. The van der Waals surface area contributed by atoms with Gasteiger partial charge in [-0.15, -0.1) is 24.0 Å². The van der Waals surface area contributed by atoms with Crippen LogP contribution in [0.1, 0.15) is 19.8 Å². The Balaban J connectivity index is 0.00000264. The summed E-state index contributed by atoms with van der Waals surface area (Å²) in [6, 6.07) is 5.45. The minimum Gasteiger partial charge on any atom is -0.495 e. The van der Waals surface area contributed by atoms with Gasteiger partial charge >= 0.3 is 0 Å². The second-order valence-corrected chi connectivity index (χ2v) is 6.06. The first kappa shape index (κ1) is 20.3. The van der Waals surface area contributed by atoms with Crippen LogP contribution < -0.4 is 15.8 Å². The number of benzene rings is 1. The van der Waals surface area contributed by atoms with Gasteiger partial charge in [-0.3, -0.25) is 4.99 Å². The zero-order chi connectivity index (χ0) is 15.9. The maximum atomic E-state index is 6.09. The number of aliphatic imine (C=N–C) groups is 1. The SMILES string of the molecule is CCCN1CCC(CN=C(N)Nc2ccc(OC)c(Cl)c2)C1.I. The van der Waals surface area contributed by atoms with E-state index in [1.54, 1.807) is 19.2 Å². The molecule has 7 heteroatoms. The highest BCUT2D eigenvalue weighted by atomic mass is 127. The molecule has 1 saturated heterocycles. The summed E-state index contributed by atoms with van der Waals surface area (Å²) in [5, 5.41) is 3.62. The van der Waals surface area contributed by atoms with Gasteiger partial charge in [0.1, 0.15) is 5.75 Å². The van der Waals surface area contributed by atoms with E-state index in [1.165, 1.54) is 25.9 Å². The molecule has 1 atom stereocenters. The van der Waals surface area contributed by atoms with Crippen molar-refractivity contribution in [3.8, 4) is 5.75 Å². The van der Waals surface area contributed by atoms with Crippen LogP contribution in [-0.4, -0.2) is 44.1 Å². The average molecular weight is 453 g/mol. The Bertz CT molecular complexity index is 527. The van der Waals surface area contributed by atoms with Crippen molar-refractivity contribution in [2.75, 3.05) is 38.6 Å². The molecule has 2 rings (SSSR count). The van der Waals surface area contributed by atoms with Crippen LogP contribution in [0.5, 0.6) is 5.75 Å². The van der Waals surface area contributed by atoms with E-state index in [2.05, 4.69) is 22.1 Å². The van der Waals surface area contributed by atoms with Crippen LogP contribution in [0.3, 0.4) is 0 Å². The molecule has 1 aromatic rings. The zero-order valence-corrected chi connectivity index (χ0v) is 16.8. The summed E-state index contributed by atoms with van der Waals surface area (Å²) in [5.74, 6) is 1.67. The van der Waals surface area contributed by atoms with Crippen molar-refractivity contribution < 1.29 is 4.74 Å². The molecule has 1 aliphatic heterocycles. The number of nitrogens with one attached hydrogen (secondary N) is 1. The number of rotatable bonds is 6. The lowest BCUT2D eigenvalue weighted by Crippen LogP contribution is -2.25. The fraction of sp³-hybridized carbons (Fsp3) is 0.562. The molecule has 0 amide bonds. The summed E-state index contributed by atoms with van der Waals surface area (Å²) in [4.78, 5) is 6.94. The van der Waals surface area contributed by atoms with Crippen molar-refractivity contribution in [2.24, 2.45) is 16.6 Å². The third kappa shape index (κ3) is 6.35. The summed E-state index contributed by atoms with van der Waals surface area (Å²) < 4.78 is 5.12. The van der Waals surface area contributed by atoms with Crippen molar-refractivity contribution in [1.29, 1.82) is 0 Å². The largest absolute Gasteiger partial charge is 0.495 e. The highest BCUT2D eigenvalue weighted by Gasteiger charge is 2.21. The molecule has 1 aliphatic rings. The minimum absolute atomic E-state index is 0. The van der Waals surface area contributed by atoms with Crippen LogP contribution in [0, 0.1) is 5.92 Å². The lowest BCUT2D eigenvalue weighted by atomic mass is 10.1.